The van der Waals surface area contributed by atoms with Crippen LogP contribution in [-0.2, 0) is 32.2 Å². The van der Waals surface area contributed by atoms with E-state index in [1.54, 1.807) is 10.7 Å². The molecule has 0 spiro atoms. The van der Waals surface area contributed by atoms with Crippen LogP contribution in [0.15, 0.2) is 23.1 Å². The van der Waals surface area contributed by atoms with Gasteiger partial charge in [-0.25, -0.2) is 4.68 Å². The Balaban J connectivity index is 1.30. The molecule has 0 atom stereocenters. The third-order valence-electron chi connectivity index (χ3n) is 4.98. The van der Waals surface area contributed by atoms with Gasteiger partial charge in [-0.3, -0.25) is 9.48 Å². The van der Waals surface area contributed by atoms with Gasteiger partial charge in [0.05, 0.1) is 12.2 Å². The Kier molecular flexibility index (Phi) is 4.45. The number of aromatic nitrogens is 4. The quantitative estimate of drug-likeness (QED) is 0.807. The zero-order valence-electron chi connectivity index (χ0n) is 14.0. The molecule has 0 unspecified atom stereocenters. The van der Waals surface area contributed by atoms with Gasteiger partial charge in [0, 0.05) is 69.2 Å². The lowest BCUT2D eigenvalue weighted by atomic mass is 10.00. The van der Waals surface area contributed by atoms with Crippen molar-refractivity contribution in [1.29, 1.82) is 0 Å². The lowest BCUT2D eigenvalue weighted by molar-refractivity contribution is 0.0849. The van der Waals surface area contributed by atoms with E-state index in [4.69, 9.17) is 0 Å². The number of hydrogen-bond donors (Lipinski definition) is 0. The van der Waals surface area contributed by atoms with Gasteiger partial charge in [-0.1, -0.05) is 0 Å². The standard InChI is InChI=1S/C17H23N5OS/c1-20-15(2-5-18-20)3-6-21-9-13(10-21)11-22-17(23)8-14-12-24-7-4-16(14)19-22/h2,5,8,13H,3-4,6-7,9-12H2,1H3. The van der Waals surface area contributed by atoms with Crippen LogP contribution in [0.5, 0.6) is 0 Å². The fraction of sp³-hybridized carbons (Fsp3) is 0.588. The number of fused-ring (bicyclic) bond motifs is 1. The summed E-state index contributed by atoms with van der Waals surface area (Å²) in [4.78, 5) is 14.7. The van der Waals surface area contributed by atoms with Crippen LogP contribution in [0.4, 0.5) is 0 Å². The Morgan fingerprint density at radius 3 is 3.04 bits per heavy atom. The van der Waals surface area contributed by atoms with E-state index in [-0.39, 0.29) is 5.56 Å². The Morgan fingerprint density at radius 1 is 1.38 bits per heavy atom. The van der Waals surface area contributed by atoms with Crippen molar-refractivity contribution in [2.45, 2.75) is 25.1 Å². The first-order valence-corrected chi connectivity index (χ1v) is 9.71. The molecule has 0 aliphatic carbocycles. The minimum absolute atomic E-state index is 0.0598. The van der Waals surface area contributed by atoms with Crippen LogP contribution in [-0.4, -0.2) is 49.8 Å². The van der Waals surface area contributed by atoms with E-state index >= 15 is 0 Å². The molecule has 0 saturated carbocycles. The third-order valence-corrected chi connectivity index (χ3v) is 5.98. The summed E-state index contributed by atoms with van der Waals surface area (Å²) in [5.41, 5.74) is 3.59. The molecular weight excluding hydrogens is 322 g/mol. The highest BCUT2D eigenvalue weighted by molar-refractivity contribution is 7.98. The van der Waals surface area contributed by atoms with Crippen LogP contribution < -0.4 is 5.56 Å². The van der Waals surface area contributed by atoms with Gasteiger partial charge in [-0.2, -0.15) is 22.0 Å². The summed E-state index contributed by atoms with van der Waals surface area (Å²) in [6.45, 7) is 3.92. The van der Waals surface area contributed by atoms with Crippen LogP contribution in [0.1, 0.15) is 17.0 Å². The monoisotopic (exact) mass is 345 g/mol. The Morgan fingerprint density at radius 2 is 2.25 bits per heavy atom. The largest absolute Gasteiger partial charge is 0.302 e. The molecule has 2 aromatic heterocycles. The molecule has 0 aromatic carbocycles. The summed E-state index contributed by atoms with van der Waals surface area (Å²) in [6, 6.07) is 3.87. The molecular formula is C17H23N5OS. The summed E-state index contributed by atoms with van der Waals surface area (Å²) >= 11 is 1.89. The zero-order valence-corrected chi connectivity index (χ0v) is 14.8. The lowest BCUT2D eigenvalue weighted by Crippen LogP contribution is -2.50. The van der Waals surface area contributed by atoms with E-state index < -0.39 is 0 Å². The number of rotatable bonds is 5. The van der Waals surface area contributed by atoms with Gasteiger partial charge in [0.15, 0.2) is 0 Å². The van der Waals surface area contributed by atoms with Gasteiger partial charge in [-0.15, -0.1) is 0 Å². The smallest absolute Gasteiger partial charge is 0.267 e. The second-order valence-electron chi connectivity index (χ2n) is 6.76. The lowest BCUT2D eigenvalue weighted by Gasteiger charge is -2.39. The second kappa shape index (κ2) is 6.72. The first-order chi connectivity index (χ1) is 11.7. The molecule has 6 nitrogen and oxygen atoms in total. The van der Waals surface area contributed by atoms with E-state index in [0.717, 1.165) is 61.8 Å². The van der Waals surface area contributed by atoms with Crippen molar-refractivity contribution in [1.82, 2.24) is 24.5 Å². The Bertz CT molecular complexity index is 778. The molecule has 0 amide bonds. The van der Waals surface area contributed by atoms with Crippen molar-refractivity contribution in [2.24, 2.45) is 13.0 Å². The predicted molar refractivity (Wildman–Crippen MR) is 95.2 cm³/mol. The number of aryl methyl sites for hydroxylation is 2. The minimum atomic E-state index is 0.0598. The van der Waals surface area contributed by atoms with Crippen molar-refractivity contribution in [2.75, 3.05) is 25.4 Å². The third kappa shape index (κ3) is 3.28. The van der Waals surface area contributed by atoms with Gasteiger partial charge in [0.25, 0.3) is 5.56 Å². The van der Waals surface area contributed by atoms with Crippen molar-refractivity contribution in [3.8, 4) is 0 Å². The molecule has 1 saturated heterocycles. The van der Waals surface area contributed by atoms with Gasteiger partial charge in [0.1, 0.15) is 0 Å². The van der Waals surface area contributed by atoms with Crippen molar-refractivity contribution < 1.29 is 0 Å². The SMILES string of the molecule is Cn1nccc1CCN1CC(Cn2nc3c(cc2=O)CSCC3)C1. The number of thioether (sulfide) groups is 1. The zero-order chi connectivity index (χ0) is 16.5. The summed E-state index contributed by atoms with van der Waals surface area (Å²) in [6.07, 6.45) is 3.86. The molecule has 2 aromatic rings. The van der Waals surface area contributed by atoms with Crippen molar-refractivity contribution in [3.63, 3.8) is 0 Å². The molecule has 0 bridgehead atoms. The highest BCUT2D eigenvalue weighted by Crippen LogP contribution is 2.22. The molecule has 0 N–H and O–H groups in total. The maximum absolute atomic E-state index is 12.2. The van der Waals surface area contributed by atoms with E-state index in [1.165, 1.54) is 5.69 Å². The van der Waals surface area contributed by atoms with Crippen LogP contribution >= 0.6 is 11.8 Å². The Labute approximate surface area is 145 Å². The minimum Gasteiger partial charge on any atom is -0.302 e. The van der Waals surface area contributed by atoms with Crippen molar-refractivity contribution in [3.05, 3.63) is 45.6 Å². The summed E-state index contributed by atoms with van der Waals surface area (Å²) in [5, 5.41) is 8.82. The number of hydrogen-bond acceptors (Lipinski definition) is 5. The molecule has 4 heterocycles. The molecule has 7 heteroatoms. The molecule has 24 heavy (non-hydrogen) atoms. The normalized spacial score (nSPS) is 18.4. The van der Waals surface area contributed by atoms with Crippen molar-refractivity contribution >= 4 is 11.8 Å². The number of nitrogens with zero attached hydrogens (tertiary/aromatic N) is 5. The first-order valence-electron chi connectivity index (χ1n) is 8.56. The average molecular weight is 345 g/mol. The molecule has 0 radical (unpaired) electrons. The van der Waals surface area contributed by atoms with Crippen LogP contribution in [0.2, 0.25) is 0 Å². The highest BCUT2D eigenvalue weighted by atomic mass is 32.2. The average Bonchev–Trinajstić information content (AvgIpc) is 2.95. The van der Waals surface area contributed by atoms with E-state index in [9.17, 15) is 4.79 Å². The maximum atomic E-state index is 12.2. The molecule has 2 aliphatic rings. The summed E-state index contributed by atoms with van der Waals surface area (Å²) in [7, 11) is 1.99. The molecule has 4 rings (SSSR count). The topological polar surface area (TPSA) is 56.0 Å². The van der Waals surface area contributed by atoms with Gasteiger partial charge >= 0.3 is 0 Å². The molecule has 2 aliphatic heterocycles. The van der Waals surface area contributed by atoms with Gasteiger partial charge in [-0.05, 0) is 17.4 Å². The molecule has 1 fully saturated rings. The van der Waals surface area contributed by atoms with E-state index in [0.29, 0.717) is 5.92 Å². The predicted octanol–water partition coefficient (Wildman–Crippen LogP) is 0.941. The number of likely N-dealkylation sites (tertiary alicyclic amines) is 1. The van der Waals surface area contributed by atoms with E-state index in [1.807, 2.05) is 29.7 Å². The van der Waals surface area contributed by atoms with Gasteiger partial charge < -0.3 is 4.90 Å². The Hall–Kier alpha value is -1.60. The summed E-state index contributed by atoms with van der Waals surface area (Å²) in [5.74, 6) is 2.59. The molecule has 128 valence electrons. The summed E-state index contributed by atoms with van der Waals surface area (Å²) < 4.78 is 3.63. The fourth-order valence-electron chi connectivity index (χ4n) is 3.52. The first kappa shape index (κ1) is 15.9. The fourth-order valence-corrected chi connectivity index (χ4v) is 4.47. The van der Waals surface area contributed by atoms with Crippen LogP contribution in [0.25, 0.3) is 0 Å². The second-order valence-corrected chi connectivity index (χ2v) is 7.87. The van der Waals surface area contributed by atoms with E-state index in [2.05, 4.69) is 21.2 Å². The van der Waals surface area contributed by atoms with Gasteiger partial charge in [0.2, 0.25) is 0 Å². The van der Waals surface area contributed by atoms with Crippen LogP contribution in [0.3, 0.4) is 0 Å². The van der Waals surface area contributed by atoms with Crippen LogP contribution in [0, 0.1) is 5.92 Å². The maximum Gasteiger partial charge on any atom is 0.267 e. The highest BCUT2D eigenvalue weighted by Gasteiger charge is 2.27.